The summed E-state index contributed by atoms with van der Waals surface area (Å²) in [6.45, 7) is 0. The van der Waals surface area contributed by atoms with Gasteiger partial charge in [0.1, 0.15) is 11.4 Å². The number of carboxylic acid groups (broad SMARTS) is 1. The molecule has 0 atom stereocenters. The van der Waals surface area contributed by atoms with Gasteiger partial charge in [-0.15, -0.1) is 0 Å². The summed E-state index contributed by atoms with van der Waals surface area (Å²) >= 11 is 0. The molecule has 1 aromatic rings. The highest BCUT2D eigenvalue weighted by Gasteiger charge is 2.52. The van der Waals surface area contributed by atoms with Gasteiger partial charge >= 0.3 is 5.97 Å². The molecule has 2 N–H and O–H groups in total. The van der Waals surface area contributed by atoms with Crippen LogP contribution in [-0.4, -0.2) is 21.0 Å². The molecule has 0 aromatic carbocycles. The molecule has 1 heterocycles. The topological polar surface area (TPSA) is 83.0 Å². The fourth-order valence-corrected chi connectivity index (χ4v) is 5.22. The Hall–Kier alpha value is -1.65. The van der Waals surface area contributed by atoms with Gasteiger partial charge in [0, 0.05) is 11.6 Å². The Bertz CT molecular complexity index is 599. The lowest BCUT2D eigenvalue weighted by Gasteiger charge is -2.56. The van der Waals surface area contributed by atoms with Crippen molar-refractivity contribution < 1.29 is 9.90 Å². The summed E-state index contributed by atoms with van der Waals surface area (Å²) in [6.07, 6.45) is 8.54. The fraction of sp³-hybridized carbons (Fsp3) is 0.667. The number of rotatable bonds is 2. The molecular weight excluding hydrogens is 256 g/mol. The molecule has 0 amide bonds. The molecule has 4 aliphatic rings. The van der Waals surface area contributed by atoms with Gasteiger partial charge < -0.3 is 10.1 Å². The second-order valence-corrected chi connectivity index (χ2v) is 6.98. The van der Waals surface area contributed by atoms with Crippen LogP contribution in [0.15, 0.2) is 11.0 Å². The lowest BCUT2D eigenvalue weighted by atomic mass is 9.49. The third-order valence-corrected chi connectivity index (χ3v) is 5.57. The first-order valence-electron chi connectivity index (χ1n) is 7.39. The fourth-order valence-electron chi connectivity index (χ4n) is 5.22. The van der Waals surface area contributed by atoms with E-state index in [0.29, 0.717) is 0 Å². The second kappa shape index (κ2) is 3.93. The SMILES string of the molecule is O=C(O)c1cnc(C23CC4CC(CC(C4)C2)C3)[nH]c1=O. The molecule has 0 unspecified atom stereocenters. The number of aromatic carboxylic acids is 1. The van der Waals surface area contributed by atoms with Crippen LogP contribution < -0.4 is 5.56 Å². The highest BCUT2D eigenvalue weighted by molar-refractivity contribution is 5.86. The molecule has 4 fully saturated rings. The Kier molecular flexibility index (Phi) is 2.38. The Labute approximate surface area is 116 Å². The molecule has 1 aromatic heterocycles. The van der Waals surface area contributed by atoms with Gasteiger partial charge in [-0.25, -0.2) is 9.78 Å². The van der Waals surface area contributed by atoms with Crippen molar-refractivity contribution in [1.82, 2.24) is 9.97 Å². The van der Waals surface area contributed by atoms with Crippen LogP contribution in [0.5, 0.6) is 0 Å². The van der Waals surface area contributed by atoms with Crippen LogP contribution in [0.1, 0.15) is 54.7 Å². The predicted octanol–water partition coefficient (Wildman–Crippen LogP) is 1.94. The number of hydrogen-bond acceptors (Lipinski definition) is 3. The number of aromatic amines is 1. The van der Waals surface area contributed by atoms with Crippen LogP contribution in [0.3, 0.4) is 0 Å². The van der Waals surface area contributed by atoms with Crippen molar-refractivity contribution in [1.29, 1.82) is 0 Å². The molecule has 0 radical (unpaired) electrons. The van der Waals surface area contributed by atoms with E-state index in [0.717, 1.165) is 42.8 Å². The van der Waals surface area contributed by atoms with Crippen LogP contribution in [0.25, 0.3) is 0 Å². The summed E-state index contributed by atoms with van der Waals surface area (Å²) in [7, 11) is 0. The highest BCUT2D eigenvalue weighted by atomic mass is 16.4. The first-order valence-corrected chi connectivity index (χ1v) is 7.39. The number of hydrogen-bond donors (Lipinski definition) is 2. The van der Waals surface area contributed by atoms with E-state index in [1.807, 2.05) is 0 Å². The average Bonchev–Trinajstić information content (AvgIpc) is 2.36. The minimum absolute atomic E-state index is 0.00490. The van der Waals surface area contributed by atoms with Gasteiger partial charge in [-0.05, 0) is 56.3 Å². The molecule has 4 bridgehead atoms. The number of carboxylic acids is 1. The average molecular weight is 274 g/mol. The Morgan fingerprint density at radius 3 is 2.20 bits per heavy atom. The van der Waals surface area contributed by atoms with E-state index < -0.39 is 11.5 Å². The number of nitrogens with zero attached hydrogens (tertiary/aromatic N) is 1. The third kappa shape index (κ3) is 1.65. The molecule has 5 rings (SSSR count). The van der Waals surface area contributed by atoms with Crippen molar-refractivity contribution in [3.8, 4) is 0 Å². The van der Waals surface area contributed by atoms with Gasteiger partial charge in [-0.2, -0.15) is 0 Å². The van der Waals surface area contributed by atoms with Crippen LogP contribution in [0, 0.1) is 17.8 Å². The lowest BCUT2D eigenvalue weighted by Crippen LogP contribution is -2.50. The van der Waals surface area contributed by atoms with Crippen molar-refractivity contribution in [2.75, 3.05) is 0 Å². The molecule has 5 heteroatoms. The molecule has 106 valence electrons. The Morgan fingerprint density at radius 2 is 1.75 bits per heavy atom. The summed E-state index contributed by atoms with van der Waals surface area (Å²) in [5.74, 6) is 1.82. The molecular formula is C15H18N2O3. The largest absolute Gasteiger partial charge is 0.477 e. The van der Waals surface area contributed by atoms with Crippen molar-refractivity contribution in [3.05, 3.63) is 27.9 Å². The van der Waals surface area contributed by atoms with Gasteiger partial charge in [0.2, 0.25) is 0 Å². The molecule has 0 aliphatic heterocycles. The number of nitrogens with one attached hydrogen (secondary N) is 1. The van der Waals surface area contributed by atoms with Gasteiger partial charge in [0.25, 0.3) is 5.56 Å². The molecule has 4 aliphatic carbocycles. The maximum absolute atomic E-state index is 11.9. The van der Waals surface area contributed by atoms with E-state index in [1.54, 1.807) is 0 Å². The van der Waals surface area contributed by atoms with Crippen LogP contribution in [0.4, 0.5) is 0 Å². The predicted molar refractivity (Wildman–Crippen MR) is 71.7 cm³/mol. The number of carbonyl (C=O) groups is 1. The maximum atomic E-state index is 11.9. The van der Waals surface area contributed by atoms with Crippen molar-refractivity contribution in [3.63, 3.8) is 0 Å². The summed E-state index contributed by atoms with van der Waals surface area (Å²) < 4.78 is 0. The summed E-state index contributed by atoms with van der Waals surface area (Å²) in [4.78, 5) is 29.9. The first-order chi connectivity index (χ1) is 9.56. The zero-order chi connectivity index (χ0) is 13.9. The minimum Gasteiger partial charge on any atom is -0.477 e. The molecule has 0 spiro atoms. The normalized spacial score (nSPS) is 38.1. The van der Waals surface area contributed by atoms with Crippen LogP contribution >= 0.6 is 0 Å². The van der Waals surface area contributed by atoms with Crippen LogP contribution in [-0.2, 0) is 5.41 Å². The van der Waals surface area contributed by atoms with E-state index in [9.17, 15) is 9.59 Å². The first kappa shape index (κ1) is 12.1. The quantitative estimate of drug-likeness (QED) is 0.863. The van der Waals surface area contributed by atoms with Gasteiger partial charge in [-0.1, -0.05) is 0 Å². The summed E-state index contributed by atoms with van der Waals surface area (Å²) in [5, 5.41) is 8.93. The van der Waals surface area contributed by atoms with E-state index in [1.165, 1.54) is 25.5 Å². The van der Waals surface area contributed by atoms with Crippen molar-refractivity contribution >= 4 is 5.97 Å². The zero-order valence-corrected chi connectivity index (χ0v) is 11.3. The molecule has 20 heavy (non-hydrogen) atoms. The van der Waals surface area contributed by atoms with Gasteiger partial charge in [-0.3, -0.25) is 4.79 Å². The van der Waals surface area contributed by atoms with E-state index in [-0.39, 0.29) is 11.0 Å². The molecule has 0 saturated heterocycles. The Morgan fingerprint density at radius 1 is 1.20 bits per heavy atom. The Balaban J connectivity index is 1.76. The molecule has 4 saturated carbocycles. The van der Waals surface area contributed by atoms with Crippen molar-refractivity contribution in [2.24, 2.45) is 17.8 Å². The maximum Gasteiger partial charge on any atom is 0.342 e. The third-order valence-electron chi connectivity index (χ3n) is 5.57. The van der Waals surface area contributed by atoms with E-state index in [2.05, 4.69) is 9.97 Å². The highest BCUT2D eigenvalue weighted by Crippen LogP contribution is 2.59. The monoisotopic (exact) mass is 274 g/mol. The smallest absolute Gasteiger partial charge is 0.342 e. The second-order valence-electron chi connectivity index (χ2n) is 6.98. The van der Waals surface area contributed by atoms with E-state index in [4.69, 9.17) is 5.11 Å². The molecule has 5 nitrogen and oxygen atoms in total. The van der Waals surface area contributed by atoms with Crippen molar-refractivity contribution in [2.45, 2.75) is 43.9 Å². The number of H-pyrrole nitrogens is 1. The van der Waals surface area contributed by atoms with Crippen LogP contribution in [0.2, 0.25) is 0 Å². The van der Waals surface area contributed by atoms with E-state index >= 15 is 0 Å². The van der Waals surface area contributed by atoms with Gasteiger partial charge in [0.05, 0.1) is 0 Å². The lowest BCUT2D eigenvalue weighted by molar-refractivity contribution is -0.00955. The summed E-state index contributed by atoms with van der Waals surface area (Å²) in [5.41, 5.74) is -0.776. The summed E-state index contributed by atoms with van der Waals surface area (Å²) in [6, 6.07) is 0. The zero-order valence-electron chi connectivity index (χ0n) is 11.3. The number of aromatic nitrogens is 2. The standard InChI is InChI=1S/C15H18N2O3/c18-12-11(13(19)20)7-16-14(17-12)15-4-8-1-9(5-15)3-10(2-8)6-15/h7-10H,1-6H2,(H,19,20)(H,16,17,18). The minimum atomic E-state index is -1.21. The van der Waals surface area contributed by atoms with Gasteiger partial charge in [0.15, 0.2) is 0 Å².